The number of para-hydroxylation sites is 1. The van der Waals surface area contributed by atoms with Crippen LogP contribution in [0.4, 0.5) is 10.5 Å². The lowest BCUT2D eigenvalue weighted by Gasteiger charge is -2.23. The van der Waals surface area contributed by atoms with E-state index in [1.165, 1.54) is 5.56 Å². The molecule has 0 aliphatic heterocycles. The SMILES string of the molecule is Cc1ccc(CN(Cc2cccnc2)C(=O)Nc2ccccc2)cc1. The van der Waals surface area contributed by atoms with E-state index in [4.69, 9.17) is 0 Å². The van der Waals surface area contributed by atoms with Crippen molar-refractivity contribution in [3.63, 3.8) is 0 Å². The van der Waals surface area contributed by atoms with Crippen LogP contribution in [0.3, 0.4) is 0 Å². The maximum atomic E-state index is 12.8. The molecule has 4 nitrogen and oxygen atoms in total. The van der Waals surface area contributed by atoms with Crippen molar-refractivity contribution in [1.29, 1.82) is 0 Å². The molecule has 0 bridgehead atoms. The molecule has 4 heteroatoms. The summed E-state index contributed by atoms with van der Waals surface area (Å²) in [7, 11) is 0. The van der Waals surface area contributed by atoms with E-state index in [1.807, 2.05) is 42.5 Å². The standard InChI is InChI=1S/C21H21N3O/c1-17-9-11-18(12-10-17)15-24(16-19-6-5-13-22-14-19)21(25)23-20-7-3-2-4-8-20/h2-14H,15-16H2,1H3,(H,23,25). The third-order valence-electron chi connectivity index (χ3n) is 3.90. The van der Waals surface area contributed by atoms with E-state index in [-0.39, 0.29) is 6.03 Å². The number of anilines is 1. The second kappa shape index (κ2) is 8.11. The number of hydrogen-bond donors (Lipinski definition) is 1. The Morgan fingerprint density at radius 1 is 0.920 bits per heavy atom. The van der Waals surface area contributed by atoms with E-state index in [2.05, 4.69) is 41.5 Å². The van der Waals surface area contributed by atoms with Gasteiger partial charge in [0.25, 0.3) is 0 Å². The zero-order valence-electron chi connectivity index (χ0n) is 14.2. The van der Waals surface area contributed by atoms with Crippen molar-refractivity contribution in [2.75, 3.05) is 5.32 Å². The normalized spacial score (nSPS) is 10.3. The van der Waals surface area contributed by atoms with Crippen LogP contribution in [0.2, 0.25) is 0 Å². The van der Waals surface area contributed by atoms with Crippen LogP contribution in [0.15, 0.2) is 79.1 Å². The summed E-state index contributed by atoms with van der Waals surface area (Å²) in [5, 5.41) is 2.96. The number of aromatic nitrogens is 1. The molecular weight excluding hydrogens is 310 g/mol. The van der Waals surface area contributed by atoms with Gasteiger partial charge in [0.05, 0.1) is 0 Å². The fraction of sp³-hybridized carbons (Fsp3) is 0.143. The van der Waals surface area contributed by atoms with Crippen molar-refractivity contribution in [3.8, 4) is 0 Å². The van der Waals surface area contributed by atoms with Gasteiger partial charge in [-0.3, -0.25) is 4.98 Å². The van der Waals surface area contributed by atoms with E-state index in [0.29, 0.717) is 13.1 Å². The maximum Gasteiger partial charge on any atom is 0.322 e. The van der Waals surface area contributed by atoms with Crippen LogP contribution in [0.25, 0.3) is 0 Å². The molecular formula is C21H21N3O. The van der Waals surface area contributed by atoms with E-state index in [9.17, 15) is 4.79 Å². The molecule has 1 N–H and O–H groups in total. The molecule has 1 heterocycles. The Morgan fingerprint density at radius 3 is 2.32 bits per heavy atom. The number of rotatable bonds is 5. The summed E-state index contributed by atoms with van der Waals surface area (Å²) in [6.07, 6.45) is 3.52. The van der Waals surface area contributed by atoms with Gasteiger partial charge < -0.3 is 10.2 Å². The van der Waals surface area contributed by atoms with Crippen molar-refractivity contribution in [1.82, 2.24) is 9.88 Å². The number of nitrogens with one attached hydrogen (secondary N) is 1. The lowest BCUT2D eigenvalue weighted by atomic mass is 10.1. The number of carbonyl (C=O) groups excluding carboxylic acids is 1. The van der Waals surface area contributed by atoms with Gasteiger partial charge in [-0.1, -0.05) is 54.1 Å². The number of amides is 2. The number of benzene rings is 2. The van der Waals surface area contributed by atoms with Crippen LogP contribution in [0.5, 0.6) is 0 Å². The minimum absolute atomic E-state index is 0.129. The smallest absolute Gasteiger partial charge is 0.316 e. The van der Waals surface area contributed by atoms with Crippen LogP contribution < -0.4 is 5.32 Å². The fourth-order valence-electron chi connectivity index (χ4n) is 2.55. The molecule has 0 spiro atoms. The molecule has 0 unspecified atom stereocenters. The van der Waals surface area contributed by atoms with Gasteiger partial charge in [0.2, 0.25) is 0 Å². The molecule has 0 aliphatic carbocycles. The predicted molar refractivity (Wildman–Crippen MR) is 100 cm³/mol. The summed E-state index contributed by atoms with van der Waals surface area (Å²) >= 11 is 0. The molecule has 126 valence electrons. The fourth-order valence-corrected chi connectivity index (χ4v) is 2.55. The average molecular weight is 331 g/mol. The summed E-state index contributed by atoms with van der Waals surface area (Å²) in [5.41, 5.74) is 4.08. The first-order valence-electron chi connectivity index (χ1n) is 8.26. The van der Waals surface area contributed by atoms with Gasteiger partial charge in [-0.25, -0.2) is 4.79 Å². The summed E-state index contributed by atoms with van der Waals surface area (Å²) in [6.45, 7) is 3.09. The third kappa shape index (κ3) is 4.91. The van der Waals surface area contributed by atoms with Gasteiger partial charge in [-0.05, 0) is 36.2 Å². The molecule has 2 amide bonds. The first kappa shape index (κ1) is 16.7. The monoisotopic (exact) mass is 331 g/mol. The molecule has 0 fully saturated rings. The molecule has 1 aromatic heterocycles. The minimum atomic E-state index is -0.129. The lowest BCUT2D eigenvalue weighted by Crippen LogP contribution is -2.34. The summed E-state index contributed by atoms with van der Waals surface area (Å²) < 4.78 is 0. The van der Waals surface area contributed by atoms with Crippen molar-refractivity contribution < 1.29 is 4.79 Å². The van der Waals surface area contributed by atoms with E-state index >= 15 is 0 Å². The highest BCUT2D eigenvalue weighted by molar-refractivity contribution is 5.89. The third-order valence-corrected chi connectivity index (χ3v) is 3.90. The number of pyridine rings is 1. The van der Waals surface area contributed by atoms with Crippen LogP contribution in [-0.4, -0.2) is 15.9 Å². The first-order valence-corrected chi connectivity index (χ1v) is 8.26. The molecule has 0 radical (unpaired) electrons. The number of hydrogen-bond acceptors (Lipinski definition) is 2. The van der Waals surface area contributed by atoms with Crippen molar-refractivity contribution in [2.24, 2.45) is 0 Å². The van der Waals surface area contributed by atoms with Crippen LogP contribution in [0.1, 0.15) is 16.7 Å². The summed E-state index contributed by atoms with van der Waals surface area (Å²) in [4.78, 5) is 18.7. The topological polar surface area (TPSA) is 45.2 Å². The van der Waals surface area contributed by atoms with Gasteiger partial charge in [0.15, 0.2) is 0 Å². The van der Waals surface area contributed by atoms with Gasteiger partial charge in [0, 0.05) is 31.2 Å². The zero-order valence-corrected chi connectivity index (χ0v) is 14.2. The molecule has 0 saturated carbocycles. The number of aryl methyl sites for hydroxylation is 1. The second-order valence-corrected chi connectivity index (χ2v) is 6.00. The van der Waals surface area contributed by atoms with Gasteiger partial charge in [0.1, 0.15) is 0 Å². The average Bonchev–Trinajstić information content (AvgIpc) is 2.64. The Labute approximate surface area is 148 Å². The van der Waals surface area contributed by atoms with Gasteiger partial charge in [-0.2, -0.15) is 0 Å². The summed E-state index contributed by atoms with van der Waals surface area (Å²) in [5.74, 6) is 0. The molecule has 0 aliphatic rings. The molecule has 25 heavy (non-hydrogen) atoms. The highest BCUT2D eigenvalue weighted by atomic mass is 16.2. The highest BCUT2D eigenvalue weighted by Crippen LogP contribution is 2.13. The van der Waals surface area contributed by atoms with Crippen molar-refractivity contribution in [2.45, 2.75) is 20.0 Å². The molecule has 0 saturated heterocycles. The van der Waals surface area contributed by atoms with E-state index in [0.717, 1.165) is 16.8 Å². The Hall–Kier alpha value is -3.14. The molecule has 2 aromatic carbocycles. The van der Waals surface area contributed by atoms with Crippen LogP contribution >= 0.6 is 0 Å². The van der Waals surface area contributed by atoms with Crippen LogP contribution in [-0.2, 0) is 13.1 Å². The summed E-state index contributed by atoms with van der Waals surface area (Å²) in [6, 6.07) is 21.5. The Morgan fingerprint density at radius 2 is 1.64 bits per heavy atom. The van der Waals surface area contributed by atoms with E-state index < -0.39 is 0 Å². The Bertz CT molecular complexity index is 802. The molecule has 0 atom stereocenters. The van der Waals surface area contributed by atoms with Gasteiger partial charge >= 0.3 is 6.03 Å². The quantitative estimate of drug-likeness (QED) is 0.741. The molecule has 3 rings (SSSR count). The lowest BCUT2D eigenvalue weighted by molar-refractivity contribution is 0.206. The Balaban J connectivity index is 1.77. The first-order chi connectivity index (χ1) is 12.2. The maximum absolute atomic E-state index is 12.8. The second-order valence-electron chi connectivity index (χ2n) is 6.00. The predicted octanol–water partition coefficient (Wildman–Crippen LogP) is 4.62. The van der Waals surface area contributed by atoms with Gasteiger partial charge in [-0.15, -0.1) is 0 Å². The number of nitrogens with zero attached hydrogens (tertiary/aromatic N) is 2. The minimum Gasteiger partial charge on any atom is -0.316 e. The van der Waals surface area contributed by atoms with E-state index in [1.54, 1.807) is 17.3 Å². The highest BCUT2D eigenvalue weighted by Gasteiger charge is 2.15. The van der Waals surface area contributed by atoms with Crippen molar-refractivity contribution >= 4 is 11.7 Å². The Kier molecular flexibility index (Phi) is 5.42. The largest absolute Gasteiger partial charge is 0.322 e. The number of urea groups is 1. The zero-order chi connectivity index (χ0) is 17.5. The molecule has 3 aromatic rings. The number of carbonyl (C=O) groups is 1. The van der Waals surface area contributed by atoms with Crippen LogP contribution in [0, 0.1) is 6.92 Å². The van der Waals surface area contributed by atoms with Crippen molar-refractivity contribution in [3.05, 3.63) is 95.8 Å².